The van der Waals surface area contributed by atoms with Crippen molar-refractivity contribution in [1.82, 2.24) is 4.90 Å². The van der Waals surface area contributed by atoms with Gasteiger partial charge in [-0.3, -0.25) is 4.79 Å². The van der Waals surface area contributed by atoms with Crippen molar-refractivity contribution in [3.63, 3.8) is 0 Å². The summed E-state index contributed by atoms with van der Waals surface area (Å²) < 4.78 is 5.54. The first kappa shape index (κ1) is 19.5. The average Bonchev–Trinajstić information content (AvgIpc) is 2.63. The summed E-state index contributed by atoms with van der Waals surface area (Å²) in [7, 11) is 0. The summed E-state index contributed by atoms with van der Waals surface area (Å²) in [6.45, 7) is 4.47. The highest BCUT2D eigenvalue weighted by atomic mass is 16.6. The molecule has 0 saturated carbocycles. The van der Waals surface area contributed by atoms with E-state index in [4.69, 9.17) is 4.74 Å². The summed E-state index contributed by atoms with van der Waals surface area (Å²) in [5, 5.41) is 0. The van der Waals surface area contributed by atoms with Gasteiger partial charge in [-0.25, -0.2) is 4.79 Å². The van der Waals surface area contributed by atoms with Crippen LogP contribution in [0.4, 0.5) is 4.79 Å². The van der Waals surface area contributed by atoms with E-state index < -0.39 is 0 Å². The van der Waals surface area contributed by atoms with Gasteiger partial charge in [-0.1, -0.05) is 43.7 Å². The Morgan fingerprint density at radius 1 is 1.16 bits per heavy atom. The van der Waals surface area contributed by atoms with Gasteiger partial charge < -0.3 is 9.64 Å². The Morgan fingerprint density at radius 3 is 2.64 bits per heavy atom. The second-order valence-corrected chi connectivity index (χ2v) is 7.06. The van der Waals surface area contributed by atoms with Crippen molar-refractivity contribution in [2.75, 3.05) is 0 Å². The molecule has 0 radical (unpaired) electrons. The van der Waals surface area contributed by atoms with E-state index in [2.05, 4.69) is 13.8 Å². The number of hydrogen-bond donors (Lipinski definition) is 0. The maximum absolute atomic E-state index is 12.6. The number of hydrogen-bond acceptors (Lipinski definition) is 3. The highest BCUT2D eigenvalue weighted by Gasteiger charge is 2.32. The Morgan fingerprint density at radius 2 is 1.92 bits per heavy atom. The number of rotatable bonds is 8. The summed E-state index contributed by atoms with van der Waals surface area (Å²) in [5.41, 5.74) is 0.992. The lowest BCUT2D eigenvalue weighted by molar-refractivity contribution is -0.119. The van der Waals surface area contributed by atoms with E-state index in [9.17, 15) is 9.59 Å². The predicted octanol–water partition coefficient (Wildman–Crippen LogP) is 5.11. The minimum absolute atomic E-state index is 0.123. The Kier molecular flexibility index (Phi) is 7.96. The number of benzene rings is 1. The number of Topliss-reactive ketones (excluding diaryl/α,β-unsaturated/α-hetero) is 1. The van der Waals surface area contributed by atoms with Gasteiger partial charge in [0, 0.05) is 24.9 Å². The number of amides is 1. The lowest BCUT2D eigenvalue weighted by Crippen LogP contribution is -2.49. The minimum Gasteiger partial charge on any atom is -0.445 e. The summed E-state index contributed by atoms with van der Waals surface area (Å²) in [6.07, 6.45) is 6.82. The molecule has 1 aromatic carbocycles. The number of piperidine rings is 1. The molecule has 1 amide bonds. The van der Waals surface area contributed by atoms with Crippen LogP contribution in [0.25, 0.3) is 0 Å². The maximum Gasteiger partial charge on any atom is 0.410 e. The average molecular weight is 345 g/mol. The van der Waals surface area contributed by atoms with Crippen molar-refractivity contribution >= 4 is 11.9 Å². The van der Waals surface area contributed by atoms with Crippen LogP contribution in [0.1, 0.15) is 70.8 Å². The molecule has 2 rings (SSSR count). The summed E-state index contributed by atoms with van der Waals surface area (Å²) in [6, 6.07) is 10.0. The third kappa shape index (κ3) is 6.18. The zero-order chi connectivity index (χ0) is 18.1. The second-order valence-electron chi connectivity index (χ2n) is 7.06. The minimum atomic E-state index is -0.248. The van der Waals surface area contributed by atoms with Crippen molar-refractivity contribution in [1.29, 1.82) is 0 Å². The summed E-state index contributed by atoms with van der Waals surface area (Å²) >= 11 is 0. The van der Waals surface area contributed by atoms with E-state index in [0.717, 1.165) is 44.1 Å². The van der Waals surface area contributed by atoms with Crippen LogP contribution in [0.15, 0.2) is 30.3 Å². The second kappa shape index (κ2) is 10.2. The summed E-state index contributed by atoms with van der Waals surface area (Å²) in [4.78, 5) is 26.5. The number of likely N-dealkylation sites (tertiary alicyclic amines) is 1. The molecule has 1 fully saturated rings. The van der Waals surface area contributed by atoms with E-state index >= 15 is 0 Å². The van der Waals surface area contributed by atoms with E-state index in [1.165, 1.54) is 0 Å². The fraction of sp³-hybridized carbons (Fsp3) is 0.619. The molecule has 1 aliphatic rings. The Bertz CT molecular complexity index is 543. The van der Waals surface area contributed by atoms with Crippen LogP contribution in [-0.4, -0.2) is 28.9 Å². The van der Waals surface area contributed by atoms with Gasteiger partial charge in [0.1, 0.15) is 12.4 Å². The first-order valence-electron chi connectivity index (χ1n) is 9.62. The molecule has 0 unspecified atom stereocenters. The normalized spacial score (nSPS) is 20.3. The smallest absolute Gasteiger partial charge is 0.410 e. The fourth-order valence-electron chi connectivity index (χ4n) is 3.52. The standard InChI is InChI=1S/C21H31NO3/c1-3-4-13-20(23)15-14-19-12-8-9-17(2)22(19)21(24)25-16-18-10-6-5-7-11-18/h5-7,10-11,17,19H,3-4,8-9,12-16H2,1-2H3/t17-,19-/m0/s1. The molecule has 2 atom stereocenters. The van der Waals surface area contributed by atoms with Gasteiger partial charge in [-0.05, 0) is 44.6 Å². The van der Waals surface area contributed by atoms with Crippen LogP contribution < -0.4 is 0 Å². The summed E-state index contributed by atoms with van der Waals surface area (Å²) in [5.74, 6) is 0.317. The molecule has 1 heterocycles. The van der Waals surface area contributed by atoms with Gasteiger partial charge in [-0.15, -0.1) is 0 Å². The highest BCUT2D eigenvalue weighted by molar-refractivity contribution is 5.78. The van der Waals surface area contributed by atoms with Crippen LogP contribution >= 0.6 is 0 Å². The van der Waals surface area contributed by atoms with Gasteiger partial charge in [0.25, 0.3) is 0 Å². The number of nitrogens with zero attached hydrogens (tertiary/aromatic N) is 1. The van der Waals surface area contributed by atoms with E-state index in [0.29, 0.717) is 25.2 Å². The molecule has 1 saturated heterocycles. The quantitative estimate of drug-likeness (QED) is 0.658. The third-order valence-corrected chi connectivity index (χ3v) is 5.01. The van der Waals surface area contributed by atoms with Gasteiger partial charge in [-0.2, -0.15) is 0 Å². The number of ketones is 1. The molecule has 0 bridgehead atoms. The Labute approximate surface area is 151 Å². The predicted molar refractivity (Wildman–Crippen MR) is 99.3 cm³/mol. The molecule has 1 aromatic rings. The van der Waals surface area contributed by atoms with E-state index in [-0.39, 0.29) is 18.2 Å². The van der Waals surface area contributed by atoms with Crippen LogP contribution in [0.3, 0.4) is 0 Å². The fourth-order valence-corrected chi connectivity index (χ4v) is 3.52. The zero-order valence-electron chi connectivity index (χ0n) is 15.6. The number of unbranched alkanes of at least 4 members (excludes halogenated alkanes) is 1. The lowest BCUT2D eigenvalue weighted by Gasteiger charge is -2.40. The molecule has 25 heavy (non-hydrogen) atoms. The third-order valence-electron chi connectivity index (χ3n) is 5.01. The van der Waals surface area contributed by atoms with Crippen LogP contribution in [0.5, 0.6) is 0 Å². The van der Waals surface area contributed by atoms with Crippen LogP contribution in [-0.2, 0) is 16.1 Å². The van der Waals surface area contributed by atoms with Crippen molar-refractivity contribution in [2.24, 2.45) is 0 Å². The Hall–Kier alpha value is -1.84. The molecule has 0 spiro atoms. The molecular weight excluding hydrogens is 314 g/mol. The van der Waals surface area contributed by atoms with Gasteiger partial charge >= 0.3 is 6.09 Å². The molecule has 0 N–H and O–H groups in total. The largest absolute Gasteiger partial charge is 0.445 e. The van der Waals surface area contributed by atoms with E-state index in [1.54, 1.807) is 0 Å². The van der Waals surface area contributed by atoms with Gasteiger partial charge in [0.05, 0.1) is 0 Å². The molecule has 1 aliphatic heterocycles. The van der Waals surface area contributed by atoms with Crippen molar-refractivity contribution in [3.05, 3.63) is 35.9 Å². The topological polar surface area (TPSA) is 46.6 Å². The number of carbonyl (C=O) groups excluding carboxylic acids is 2. The SMILES string of the molecule is CCCCC(=O)CC[C@@H]1CCC[C@H](C)N1C(=O)OCc1ccccc1. The molecule has 4 heteroatoms. The first-order chi connectivity index (χ1) is 12.1. The lowest BCUT2D eigenvalue weighted by atomic mass is 9.92. The zero-order valence-corrected chi connectivity index (χ0v) is 15.6. The van der Waals surface area contributed by atoms with Crippen molar-refractivity contribution in [3.8, 4) is 0 Å². The first-order valence-corrected chi connectivity index (χ1v) is 9.62. The highest BCUT2D eigenvalue weighted by Crippen LogP contribution is 2.27. The van der Waals surface area contributed by atoms with Gasteiger partial charge in [0.2, 0.25) is 0 Å². The Balaban J connectivity index is 1.89. The molecular formula is C21H31NO3. The van der Waals surface area contributed by atoms with E-state index in [1.807, 2.05) is 35.2 Å². The number of ether oxygens (including phenoxy) is 1. The molecule has 138 valence electrons. The van der Waals surface area contributed by atoms with Crippen molar-refractivity contribution in [2.45, 2.75) is 83.9 Å². The van der Waals surface area contributed by atoms with Crippen LogP contribution in [0, 0.1) is 0 Å². The monoisotopic (exact) mass is 345 g/mol. The maximum atomic E-state index is 12.6. The molecule has 0 aliphatic carbocycles. The molecule has 0 aromatic heterocycles. The van der Waals surface area contributed by atoms with Crippen LogP contribution in [0.2, 0.25) is 0 Å². The van der Waals surface area contributed by atoms with Crippen molar-refractivity contribution < 1.29 is 14.3 Å². The number of carbonyl (C=O) groups is 2. The molecule has 4 nitrogen and oxygen atoms in total. The van der Waals surface area contributed by atoms with Gasteiger partial charge in [0.15, 0.2) is 0 Å².